The Morgan fingerprint density at radius 2 is 1.20 bits per heavy atom. The molecule has 0 heteroatoms. The molecule has 0 saturated heterocycles. The molecular weight excluding hydrogens is 180 g/mol. The Hall–Kier alpha value is -0.520. The minimum absolute atomic E-state index is 0.603. The summed E-state index contributed by atoms with van der Waals surface area (Å²) < 4.78 is 0. The minimum Gasteiger partial charge on any atom is -0.0804 e. The minimum atomic E-state index is 0.603. The lowest BCUT2D eigenvalue weighted by Crippen LogP contribution is -2.27. The third kappa shape index (κ3) is 1.79. The fourth-order valence-corrected chi connectivity index (χ4v) is 3.40. The normalized spacial score (nSPS) is 30.3. The van der Waals surface area contributed by atoms with E-state index in [-0.39, 0.29) is 0 Å². The summed E-state index contributed by atoms with van der Waals surface area (Å²) in [5.41, 5.74) is 0.603. The number of allylic oxidation sites excluding steroid dienone is 4. The molecule has 0 aliphatic heterocycles. The van der Waals surface area contributed by atoms with Crippen molar-refractivity contribution in [3.8, 4) is 0 Å². The Morgan fingerprint density at radius 1 is 0.800 bits per heavy atom. The second kappa shape index (κ2) is 4.55. The van der Waals surface area contributed by atoms with Crippen molar-refractivity contribution in [2.45, 2.75) is 52.4 Å². The molecule has 0 fully saturated rings. The summed E-state index contributed by atoms with van der Waals surface area (Å²) in [4.78, 5) is 0. The number of hydrogen-bond acceptors (Lipinski definition) is 0. The molecule has 0 aromatic carbocycles. The predicted molar refractivity (Wildman–Crippen MR) is 66.7 cm³/mol. The lowest BCUT2D eigenvalue weighted by Gasteiger charge is -2.35. The van der Waals surface area contributed by atoms with Gasteiger partial charge in [0, 0.05) is 11.8 Å². The zero-order valence-electron chi connectivity index (χ0n) is 10.2. The highest BCUT2D eigenvalue weighted by Crippen LogP contribution is 2.55. The summed E-state index contributed by atoms with van der Waals surface area (Å²) in [7, 11) is 0. The van der Waals surface area contributed by atoms with E-state index >= 15 is 0 Å². The molecule has 0 atom stereocenters. The van der Waals surface area contributed by atoms with Crippen molar-refractivity contribution in [2.24, 2.45) is 17.3 Å². The van der Waals surface area contributed by atoms with Gasteiger partial charge in [0.15, 0.2) is 0 Å². The second-order valence-electron chi connectivity index (χ2n) is 5.26. The molecule has 0 spiro atoms. The Kier molecular flexibility index (Phi) is 3.33. The van der Waals surface area contributed by atoms with E-state index < -0.39 is 0 Å². The van der Waals surface area contributed by atoms with Gasteiger partial charge in [-0.2, -0.15) is 0 Å². The summed E-state index contributed by atoms with van der Waals surface area (Å²) >= 11 is 0. The third-order valence-corrected chi connectivity index (χ3v) is 4.37. The molecule has 84 valence electrons. The maximum absolute atomic E-state index is 2.45. The number of hydrogen-bond donors (Lipinski definition) is 0. The van der Waals surface area contributed by atoms with Crippen molar-refractivity contribution in [2.75, 3.05) is 0 Å². The fourth-order valence-electron chi connectivity index (χ4n) is 3.40. The van der Waals surface area contributed by atoms with Crippen molar-refractivity contribution in [3.63, 3.8) is 0 Å². The van der Waals surface area contributed by atoms with Crippen LogP contribution in [0.3, 0.4) is 0 Å². The van der Waals surface area contributed by atoms with Gasteiger partial charge in [0.2, 0.25) is 0 Å². The SMILES string of the molecule is CCCCC1(CCCC)C2C=CC1C=C2. The maximum atomic E-state index is 2.45. The fraction of sp³-hybridized carbons (Fsp3) is 0.733. The van der Waals surface area contributed by atoms with E-state index in [0.717, 1.165) is 11.8 Å². The quantitative estimate of drug-likeness (QED) is 0.549. The molecule has 0 aromatic heterocycles. The Labute approximate surface area is 94.5 Å². The average molecular weight is 204 g/mol. The molecule has 2 aliphatic carbocycles. The van der Waals surface area contributed by atoms with Gasteiger partial charge in [-0.15, -0.1) is 0 Å². The summed E-state index contributed by atoms with van der Waals surface area (Å²) in [6, 6.07) is 0. The van der Waals surface area contributed by atoms with Gasteiger partial charge < -0.3 is 0 Å². The molecule has 15 heavy (non-hydrogen) atoms. The van der Waals surface area contributed by atoms with Crippen LogP contribution in [0.1, 0.15) is 52.4 Å². The monoisotopic (exact) mass is 204 g/mol. The van der Waals surface area contributed by atoms with Crippen LogP contribution in [-0.4, -0.2) is 0 Å². The first-order chi connectivity index (χ1) is 7.33. The highest BCUT2D eigenvalue weighted by molar-refractivity contribution is 5.30. The highest BCUT2D eigenvalue weighted by atomic mass is 14.5. The van der Waals surface area contributed by atoms with Crippen LogP contribution in [0, 0.1) is 17.3 Å². The third-order valence-electron chi connectivity index (χ3n) is 4.37. The zero-order valence-corrected chi connectivity index (χ0v) is 10.2. The zero-order chi connectivity index (χ0) is 10.7. The van der Waals surface area contributed by atoms with Crippen molar-refractivity contribution < 1.29 is 0 Å². The van der Waals surface area contributed by atoms with Gasteiger partial charge in [0.25, 0.3) is 0 Å². The molecule has 0 radical (unpaired) electrons. The molecular formula is C15H24. The summed E-state index contributed by atoms with van der Waals surface area (Å²) in [6.45, 7) is 4.62. The van der Waals surface area contributed by atoms with E-state index in [9.17, 15) is 0 Å². The van der Waals surface area contributed by atoms with Crippen LogP contribution in [0.2, 0.25) is 0 Å². The average Bonchev–Trinajstić information content (AvgIpc) is 2.79. The highest BCUT2D eigenvalue weighted by Gasteiger charge is 2.46. The summed E-state index contributed by atoms with van der Waals surface area (Å²) in [5.74, 6) is 1.53. The first-order valence-corrected chi connectivity index (χ1v) is 6.70. The van der Waals surface area contributed by atoms with Crippen molar-refractivity contribution in [3.05, 3.63) is 24.3 Å². The van der Waals surface area contributed by atoms with Gasteiger partial charge in [-0.25, -0.2) is 0 Å². The maximum Gasteiger partial charge on any atom is 0.00121 e. The molecule has 0 aromatic rings. The van der Waals surface area contributed by atoms with Gasteiger partial charge in [-0.1, -0.05) is 63.8 Å². The lowest BCUT2D eigenvalue weighted by atomic mass is 9.68. The standard InChI is InChI=1S/C15H24/c1-3-5-11-15(12-6-4-2)13-7-8-14(15)10-9-13/h7-10,13-14H,3-6,11-12H2,1-2H3. The van der Waals surface area contributed by atoms with Crippen molar-refractivity contribution in [1.29, 1.82) is 0 Å². The number of unbranched alkanes of at least 4 members (excludes halogenated alkanes) is 2. The van der Waals surface area contributed by atoms with Gasteiger partial charge in [0.05, 0.1) is 0 Å². The Bertz CT molecular complexity index is 219. The first kappa shape index (κ1) is 11.0. The predicted octanol–water partition coefficient (Wildman–Crippen LogP) is 4.73. The largest absolute Gasteiger partial charge is 0.0804 e. The molecule has 2 rings (SSSR count). The summed E-state index contributed by atoms with van der Waals surface area (Å²) in [6.07, 6.45) is 18.2. The summed E-state index contributed by atoms with van der Waals surface area (Å²) in [5, 5.41) is 0. The van der Waals surface area contributed by atoms with Gasteiger partial charge in [-0.05, 0) is 18.3 Å². The van der Waals surface area contributed by atoms with Crippen LogP contribution in [0.5, 0.6) is 0 Å². The number of rotatable bonds is 6. The molecule has 0 saturated carbocycles. The van der Waals surface area contributed by atoms with Crippen LogP contribution in [0.25, 0.3) is 0 Å². The topological polar surface area (TPSA) is 0 Å². The second-order valence-corrected chi connectivity index (χ2v) is 5.26. The molecule has 0 N–H and O–H groups in total. The van der Waals surface area contributed by atoms with Gasteiger partial charge in [0.1, 0.15) is 0 Å². The molecule has 2 aliphatic rings. The molecule has 0 amide bonds. The Morgan fingerprint density at radius 3 is 1.53 bits per heavy atom. The van der Waals surface area contributed by atoms with E-state index in [1.807, 2.05) is 0 Å². The van der Waals surface area contributed by atoms with Crippen molar-refractivity contribution >= 4 is 0 Å². The van der Waals surface area contributed by atoms with Crippen molar-refractivity contribution in [1.82, 2.24) is 0 Å². The molecule has 0 heterocycles. The molecule has 0 nitrogen and oxygen atoms in total. The van der Waals surface area contributed by atoms with E-state index in [1.165, 1.54) is 38.5 Å². The molecule has 0 unspecified atom stereocenters. The van der Waals surface area contributed by atoms with E-state index in [0.29, 0.717) is 5.41 Å². The van der Waals surface area contributed by atoms with Crippen LogP contribution in [0.15, 0.2) is 24.3 Å². The number of fused-ring (bicyclic) bond motifs is 2. The van der Waals surface area contributed by atoms with E-state index in [4.69, 9.17) is 0 Å². The van der Waals surface area contributed by atoms with Crippen LogP contribution >= 0.6 is 0 Å². The van der Waals surface area contributed by atoms with Crippen LogP contribution < -0.4 is 0 Å². The van der Waals surface area contributed by atoms with Crippen LogP contribution in [0.4, 0.5) is 0 Å². The van der Waals surface area contributed by atoms with E-state index in [1.54, 1.807) is 0 Å². The Balaban J connectivity index is 2.04. The van der Waals surface area contributed by atoms with E-state index in [2.05, 4.69) is 38.2 Å². The lowest BCUT2D eigenvalue weighted by molar-refractivity contribution is 0.175. The molecule has 2 bridgehead atoms. The first-order valence-electron chi connectivity index (χ1n) is 6.70. The van der Waals surface area contributed by atoms with Gasteiger partial charge >= 0.3 is 0 Å². The smallest absolute Gasteiger partial charge is 0.00121 e. The van der Waals surface area contributed by atoms with Crippen LogP contribution in [-0.2, 0) is 0 Å². The van der Waals surface area contributed by atoms with Gasteiger partial charge in [-0.3, -0.25) is 0 Å².